The van der Waals surface area contributed by atoms with Crippen LogP contribution in [0.5, 0.6) is 0 Å². The maximum absolute atomic E-state index is 11.7. The van der Waals surface area contributed by atoms with E-state index in [1.165, 1.54) is 0 Å². The van der Waals surface area contributed by atoms with Crippen molar-refractivity contribution in [3.05, 3.63) is 30.6 Å². The number of nitrogens with one attached hydrogen (secondary N) is 1. The van der Waals surface area contributed by atoms with E-state index in [1.807, 2.05) is 24.4 Å². The van der Waals surface area contributed by atoms with E-state index in [0.717, 1.165) is 17.6 Å². The van der Waals surface area contributed by atoms with Gasteiger partial charge < -0.3 is 5.32 Å². The molecule has 2 rings (SSSR count). The molecule has 0 bridgehead atoms. The highest BCUT2D eigenvalue weighted by molar-refractivity contribution is 5.90. The molecule has 1 unspecified atom stereocenters. The Morgan fingerprint density at radius 1 is 1.47 bits per heavy atom. The summed E-state index contributed by atoms with van der Waals surface area (Å²) in [6.45, 7) is 4.17. The first-order chi connectivity index (χ1) is 8.19. The predicted molar refractivity (Wildman–Crippen MR) is 67.9 cm³/mol. The number of pyridine rings is 1. The first kappa shape index (κ1) is 11.6. The molecule has 90 valence electrons. The van der Waals surface area contributed by atoms with Gasteiger partial charge in [-0.15, -0.1) is 0 Å². The number of aromatic nitrogens is 2. The highest BCUT2D eigenvalue weighted by atomic mass is 16.1. The maximum Gasteiger partial charge on any atom is 0.224 e. The molecule has 1 atom stereocenters. The number of rotatable bonds is 4. The van der Waals surface area contributed by atoms with Crippen molar-refractivity contribution in [3.63, 3.8) is 0 Å². The molecule has 0 radical (unpaired) electrons. The van der Waals surface area contributed by atoms with Crippen LogP contribution < -0.4 is 5.32 Å². The van der Waals surface area contributed by atoms with Crippen LogP contribution in [-0.4, -0.2) is 15.5 Å². The summed E-state index contributed by atoms with van der Waals surface area (Å²) in [7, 11) is 0. The lowest BCUT2D eigenvalue weighted by atomic mass is 10.1. The number of fused-ring (bicyclic) bond motifs is 1. The molecule has 0 aliphatic rings. The Morgan fingerprint density at radius 3 is 3.06 bits per heavy atom. The van der Waals surface area contributed by atoms with Gasteiger partial charge in [0.1, 0.15) is 0 Å². The Morgan fingerprint density at radius 2 is 2.29 bits per heavy atom. The van der Waals surface area contributed by atoms with Gasteiger partial charge >= 0.3 is 0 Å². The molecule has 0 saturated carbocycles. The van der Waals surface area contributed by atoms with Crippen molar-refractivity contribution in [1.82, 2.24) is 9.61 Å². The van der Waals surface area contributed by atoms with Crippen LogP contribution >= 0.6 is 0 Å². The number of hydrogen-bond acceptors (Lipinski definition) is 2. The number of anilines is 1. The Labute approximate surface area is 101 Å². The van der Waals surface area contributed by atoms with E-state index in [1.54, 1.807) is 10.7 Å². The van der Waals surface area contributed by atoms with Crippen LogP contribution in [0.1, 0.15) is 26.7 Å². The summed E-state index contributed by atoms with van der Waals surface area (Å²) in [5.41, 5.74) is 1.81. The summed E-state index contributed by atoms with van der Waals surface area (Å²) >= 11 is 0. The first-order valence-corrected chi connectivity index (χ1v) is 5.92. The van der Waals surface area contributed by atoms with Crippen LogP contribution in [0.2, 0.25) is 0 Å². The normalized spacial score (nSPS) is 12.6. The standard InChI is InChI=1S/C13H17N3O/c1-3-10(2)8-13(17)15-11-4-5-12-6-7-14-16(12)9-11/h4-7,9-10H,3,8H2,1-2H3,(H,15,17). The largest absolute Gasteiger partial charge is 0.325 e. The van der Waals surface area contributed by atoms with Crippen molar-refractivity contribution < 1.29 is 4.79 Å². The van der Waals surface area contributed by atoms with Gasteiger partial charge in [0, 0.05) is 12.6 Å². The summed E-state index contributed by atoms with van der Waals surface area (Å²) in [4.78, 5) is 11.7. The fraction of sp³-hybridized carbons (Fsp3) is 0.385. The van der Waals surface area contributed by atoms with E-state index >= 15 is 0 Å². The van der Waals surface area contributed by atoms with Crippen LogP contribution in [0, 0.1) is 5.92 Å². The van der Waals surface area contributed by atoms with Crippen LogP contribution in [-0.2, 0) is 4.79 Å². The number of carbonyl (C=O) groups is 1. The van der Waals surface area contributed by atoms with Gasteiger partial charge in [0.15, 0.2) is 0 Å². The second kappa shape index (κ2) is 4.99. The Kier molecular flexibility index (Phi) is 3.42. The summed E-state index contributed by atoms with van der Waals surface area (Å²) in [5, 5.41) is 7.02. The molecule has 1 N–H and O–H groups in total. The molecular formula is C13H17N3O. The molecule has 0 spiro atoms. The number of hydrogen-bond donors (Lipinski definition) is 1. The molecular weight excluding hydrogens is 214 g/mol. The average molecular weight is 231 g/mol. The third kappa shape index (κ3) is 2.84. The Bertz CT molecular complexity index is 518. The highest BCUT2D eigenvalue weighted by Crippen LogP contribution is 2.12. The highest BCUT2D eigenvalue weighted by Gasteiger charge is 2.07. The van der Waals surface area contributed by atoms with Crippen LogP contribution in [0.25, 0.3) is 5.52 Å². The molecule has 2 aromatic rings. The zero-order chi connectivity index (χ0) is 12.3. The molecule has 2 heterocycles. The lowest BCUT2D eigenvalue weighted by Gasteiger charge is -2.09. The summed E-state index contributed by atoms with van der Waals surface area (Å²) in [6.07, 6.45) is 5.14. The van der Waals surface area contributed by atoms with E-state index in [2.05, 4.69) is 24.3 Å². The lowest BCUT2D eigenvalue weighted by molar-refractivity contribution is -0.117. The number of amides is 1. The molecule has 0 aliphatic carbocycles. The van der Waals surface area contributed by atoms with Crippen LogP contribution in [0.15, 0.2) is 30.6 Å². The monoisotopic (exact) mass is 231 g/mol. The summed E-state index contributed by atoms with van der Waals surface area (Å²) in [5.74, 6) is 0.481. The molecule has 1 amide bonds. The smallest absolute Gasteiger partial charge is 0.224 e. The second-order valence-corrected chi connectivity index (χ2v) is 4.38. The summed E-state index contributed by atoms with van der Waals surface area (Å²) in [6, 6.07) is 5.75. The van der Waals surface area contributed by atoms with Crippen LogP contribution in [0.3, 0.4) is 0 Å². The minimum atomic E-state index is 0.0610. The molecule has 4 heteroatoms. The Hall–Kier alpha value is -1.84. The lowest BCUT2D eigenvalue weighted by Crippen LogP contribution is -2.15. The van der Waals surface area contributed by atoms with E-state index < -0.39 is 0 Å². The molecule has 4 nitrogen and oxygen atoms in total. The van der Waals surface area contributed by atoms with Gasteiger partial charge in [-0.05, 0) is 24.1 Å². The minimum absolute atomic E-state index is 0.0610. The van der Waals surface area contributed by atoms with Gasteiger partial charge in [-0.3, -0.25) is 4.79 Å². The van der Waals surface area contributed by atoms with Crippen molar-refractivity contribution in [3.8, 4) is 0 Å². The predicted octanol–water partition coefficient (Wildman–Crippen LogP) is 2.71. The zero-order valence-corrected chi connectivity index (χ0v) is 10.2. The van der Waals surface area contributed by atoms with Crippen molar-refractivity contribution in [2.75, 3.05) is 5.32 Å². The van der Waals surface area contributed by atoms with E-state index in [-0.39, 0.29) is 5.91 Å². The maximum atomic E-state index is 11.7. The average Bonchev–Trinajstić information content (AvgIpc) is 2.75. The van der Waals surface area contributed by atoms with Gasteiger partial charge in [-0.25, -0.2) is 4.52 Å². The molecule has 0 aliphatic heterocycles. The fourth-order valence-electron chi connectivity index (χ4n) is 1.66. The quantitative estimate of drug-likeness (QED) is 0.879. The van der Waals surface area contributed by atoms with Gasteiger partial charge in [0.05, 0.1) is 17.4 Å². The number of carbonyl (C=O) groups excluding carboxylic acids is 1. The van der Waals surface area contributed by atoms with E-state index in [0.29, 0.717) is 12.3 Å². The van der Waals surface area contributed by atoms with Gasteiger partial charge in [0.2, 0.25) is 5.91 Å². The van der Waals surface area contributed by atoms with E-state index in [4.69, 9.17) is 0 Å². The third-order valence-electron chi connectivity index (χ3n) is 2.91. The van der Waals surface area contributed by atoms with Gasteiger partial charge in [0.25, 0.3) is 0 Å². The topological polar surface area (TPSA) is 46.4 Å². The van der Waals surface area contributed by atoms with Gasteiger partial charge in [-0.1, -0.05) is 20.3 Å². The third-order valence-corrected chi connectivity index (χ3v) is 2.91. The molecule has 0 fully saturated rings. The van der Waals surface area contributed by atoms with Crippen molar-refractivity contribution in [2.24, 2.45) is 5.92 Å². The SMILES string of the molecule is CCC(C)CC(=O)Nc1ccc2ccnn2c1. The van der Waals surface area contributed by atoms with Crippen molar-refractivity contribution in [2.45, 2.75) is 26.7 Å². The van der Waals surface area contributed by atoms with Gasteiger partial charge in [-0.2, -0.15) is 5.10 Å². The number of nitrogens with zero attached hydrogens (tertiary/aromatic N) is 2. The zero-order valence-electron chi connectivity index (χ0n) is 10.2. The van der Waals surface area contributed by atoms with Crippen molar-refractivity contribution in [1.29, 1.82) is 0 Å². The fourth-order valence-corrected chi connectivity index (χ4v) is 1.66. The molecule has 2 aromatic heterocycles. The second-order valence-electron chi connectivity index (χ2n) is 4.38. The molecule has 0 aromatic carbocycles. The van der Waals surface area contributed by atoms with Crippen molar-refractivity contribution >= 4 is 17.1 Å². The van der Waals surface area contributed by atoms with E-state index in [9.17, 15) is 4.79 Å². The summed E-state index contributed by atoms with van der Waals surface area (Å²) < 4.78 is 1.75. The molecule has 17 heavy (non-hydrogen) atoms. The minimum Gasteiger partial charge on any atom is -0.325 e. The first-order valence-electron chi connectivity index (χ1n) is 5.92. The molecule has 0 saturated heterocycles. The Balaban J connectivity index is 2.05. The van der Waals surface area contributed by atoms with Crippen LogP contribution in [0.4, 0.5) is 5.69 Å².